The van der Waals surface area contributed by atoms with Crippen LogP contribution in [0.5, 0.6) is 5.75 Å². The number of anilines is 2. The summed E-state index contributed by atoms with van der Waals surface area (Å²) in [5, 5.41) is 2.68. The summed E-state index contributed by atoms with van der Waals surface area (Å²) in [7, 11) is 1.58. The van der Waals surface area contributed by atoms with Gasteiger partial charge in [0.1, 0.15) is 11.6 Å². The van der Waals surface area contributed by atoms with E-state index in [1.54, 1.807) is 25.3 Å². The number of methoxy groups -OCH3 is 1. The van der Waals surface area contributed by atoms with Crippen LogP contribution in [0.2, 0.25) is 0 Å². The van der Waals surface area contributed by atoms with E-state index < -0.39 is 11.7 Å². The highest BCUT2D eigenvalue weighted by molar-refractivity contribution is 6.07. The predicted molar refractivity (Wildman–Crippen MR) is 76.5 cm³/mol. The fraction of sp³-hybridized carbons (Fsp3) is 0.133. The molecule has 2 aromatic rings. The van der Waals surface area contributed by atoms with E-state index >= 15 is 0 Å². The van der Waals surface area contributed by atoms with Gasteiger partial charge in [0.2, 0.25) is 0 Å². The first-order chi connectivity index (χ1) is 9.52. The zero-order valence-corrected chi connectivity index (χ0v) is 11.2. The van der Waals surface area contributed by atoms with E-state index in [0.29, 0.717) is 5.69 Å². The van der Waals surface area contributed by atoms with E-state index in [1.165, 1.54) is 18.2 Å². The number of carbonyl (C=O) groups is 1. The molecule has 0 saturated carbocycles. The summed E-state index contributed by atoms with van der Waals surface area (Å²) >= 11 is 0. The van der Waals surface area contributed by atoms with Crippen LogP contribution in [0.15, 0.2) is 36.4 Å². The largest absolute Gasteiger partial charge is 0.496 e. The number of para-hydroxylation sites is 1. The number of benzene rings is 2. The van der Waals surface area contributed by atoms with Crippen LogP contribution in [0.4, 0.5) is 15.8 Å². The van der Waals surface area contributed by atoms with Crippen LogP contribution >= 0.6 is 0 Å². The van der Waals surface area contributed by atoms with Crippen molar-refractivity contribution in [2.24, 2.45) is 0 Å². The Morgan fingerprint density at radius 3 is 2.70 bits per heavy atom. The molecule has 0 bridgehead atoms. The van der Waals surface area contributed by atoms with Gasteiger partial charge in [-0.1, -0.05) is 6.07 Å². The summed E-state index contributed by atoms with van der Waals surface area (Å²) in [6.07, 6.45) is 0. The molecular weight excluding hydrogens is 259 g/mol. The van der Waals surface area contributed by atoms with Crippen molar-refractivity contribution in [3.63, 3.8) is 0 Å². The number of hydrogen-bond acceptors (Lipinski definition) is 3. The summed E-state index contributed by atoms with van der Waals surface area (Å²) in [4.78, 5) is 12.1. The monoisotopic (exact) mass is 274 g/mol. The number of nitrogens with one attached hydrogen (secondary N) is 1. The molecule has 0 saturated heterocycles. The Labute approximate surface area is 116 Å². The Balaban J connectivity index is 2.24. The number of nitrogen functional groups attached to an aromatic ring is 1. The highest BCUT2D eigenvalue weighted by Crippen LogP contribution is 2.23. The van der Waals surface area contributed by atoms with Gasteiger partial charge in [-0.3, -0.25) is 4.79 Å². The van der Waals surface area contributed by atoms with Gasteiger partial charge in [-0.05, 0) is 42.8 Å². The number of amides is 1. The first-order valence-corrected chi connectivity index (χ1v) is 6.03. The van der Waals surface area contributed by atoms with Crippen molar-refractivity contribution in [3.8, 4) is 5.75 Å². The van der Waals surface area contributed by atoms with Crippen molar-refractivity contribution in [1.29, 1.82) is 0 Å². The second-order valence-electron chi connectivity index (χ2n) is 4.34. The maximum Gasteiger partial charge on any atom is 0.257 e. The minimum atomic E-state index is -0.608. The van der Waals surface area contributed by atoms with Gasteiger partial charge in [-0.15, -0.1) is 0 Å². The van der Waals surface area contributed by atoms with Gasteiger partial charge in [0.15, 0.2) is 0 Å². The van der Waals surface area contributed by atoms with Crippen molar-refractivity contribution in [2.75, 3.05) is 18.2 Å². The standard InChI is InChI=1S/C15H15FN2O2/c1-9-8-10(6-7-13(9)20-2)18-15(19)11-4-3-5-12(16)14(11)17/h3-8H,17H2,1-2H3,(H,18,19). The highest BCUT2D eigenvalue weighted by atomic mass is 19.1. The maximum absolute atomic E-state index is 13.3. The van der Waals surface area contributed by atoms with Crippen LogP contribution in [0.25, 0.3) is 0 Å². The molecular formula is C15H15FN2O2. The lowest BCUT2D eigenvalue weighted by molar-refractivity contribution is 0.102. The topological polar surface area (TPSA) is 64.3 Å². The zero-order chi connectivity index (χ0) is 14.7. The normalized spacial score (nSPS) is 10.2. The quantitative estimate of drug-likeness (QED) is 0.846. The first kappa shape index (κ1) is 13.9. The summed E-state index contributed by atoms with van der Waals surface area (Å²) in [6.45, 7) is 1.87. The number of hydrogen-bond donors (Lipinski definition) is 2. The van der Waals surface area contributed by atoms with Crippen LogP contribution in [-0.2, 0) is 0 Å². The highest BCUT2D eigenvalue weighted by Gasteiger charge is 2.13. The van der Waals surface area contributed by atoms with E-state index in [-0.39, 0.29) is 11.3 Å². The molecule has 0 spiro atoms. The number of carbonyl (C=O) groups excluding carboxylic acids is 1. The van der Waals surface area contributed by atoms with Gasteiger partial charge in [0.05, 0.1) is 18.4 Å². The van der Waals surface area contributed by atoms with Gasteiger partial charge in [-0.25, -0.2) is 4.39 Å². The van der Waals surface area contributed by atoms with E-state index in [1.807, 2.05) is 6.92 Å². The molecule has 2 aromatic carbocycles. The number of ether oxygens (including phenoxy) is 1. The SMILES string of the molecule is COc1ccc(NC(=O)c2cccc(F)c2N)cc1C. The Hall–Kier alpha value is -2.56. The second kappa shape index (κ2) is 5.61. The minimum Gasteiger partial charge on any atom is -0.496 e. The average Bonchev–Trinajstić information content (AvgIpc) is 2.42. The van der Waals surface area contributed by atoms with Crippen molar-refractivity contribution < 1.29 is 13.9 Å². The van der Waals surface area contributed by atoms with Gasteiger partial charge in [0, 0.05) is 5.69 Å². The second-order valence-corrected chi connectivity index (χ2v) is 4.34. The molecule has 0 aromatic heterocycles. The number of rotatable bonds is 3. The molecule has 20 heavy (non-hydrogen) atoms. The van der Waals surface area contributed by atoms with Crippen molar-refractivity contribution >= 4 is 17.3 Å². The fourth-order valence-electron chi connectivity index (χ4n) is 1.89. The molecule has 104 valence electrons. The summed E-state index contributed by atoms with van der Waals surface area (Å²) in [5.74, 6) is -0.330. The van der Waals surface area contributed by atoms with Crippen LogP contribution in [0, 0.1) is 12.7 Å². The van der Waals surface area contributed by atoms with E-state index in [9.17, 15) is 9.18 Å². The molecule has 2 rings (SSSR count). The molecule has 0 unspecified atom stereocenters. The Morgan fingerprint density at radius 2 is 2.05 bits per heavy atom. The molecule has 0 heterocycles. The van der Waals surface area contributed by atoms with Crippen molar-refractivity contribution in [2.45, 2.75) is 6.92 Å². The maximum atomic E-state index is 13.3. The van der Waals surface area contributed by atoms with Gasteiger partial charge < -0.3 is 15.8 Å². The molecule has 0 radical (unpaired) electrons. The van der Waals surface area contributed by atoms with Crippen LogP contribution < -0.4 is 15.8 Å². The molecule has 3 N–H and O–H groups in total. The molecule has 0 aliphatic heterocycles. The van der Waals surface area contributed by atoms with Crippen LogP contribution in [0.3, 0.4) is 0 Å². The summed E-state index contributed by atoms with van der Waals surface area (Å²) in [6, 6.07) is 9.36. The summed E-state index contributed by atoms with van der Waals surface area (Å²) in [5.41, 5.74) is 6.99. The Kier molecular flexibility index (Phi) is 3.89. The number of halogens is 1. The molecule has 0 aliphatic carbocycles. The third kappa shape index (κ3) is 2.71. The van der Waals surface area contributed by atoms with Gasteiger partial charge >= 0.3 is 0 Å². The summed E-state index contributed by atoms with van der Waals surface area (Å²) < 4.78 is 18.5. The van der Waals surface area contributed by atoms with E-state index in [0.717, 1.165) is 11.3 Å². The van der Waals surface area contributed by atoms with E-state index in [2.05, 4.69) is 5.32 Å². The molecule has 1 amide bonds. The molecule has 0 atom stereocenters. The third-order valence-electron chi connectivity index (χ3n) is 2.95. The number of nitrogens with two attached hydrogens (primary N) is 1. The number of aryl methyl sites for hydroxylation is 1. The lowest BCUT2D eigenvalue weighted by Crippen LogP contribution is -2.14. The van der Waals surface area contributed by atoms with Crippen LogP contribution in [-0.4, -0.2) is 13.0 Å². The molecule has 5 heteroatoms. The zero-order valence-electron chi connectivity index (χ0n) is 11.2. The molecule has 0 aliphatic rings. The molecule has 0 fully saturated rings. The fourth-order valence-corrected chi connectivity index (χ4v) is 1.89. The molecule has 4 nitrogen and oxygen atoms in total. The van der Waals surface area contributed by atoms with Gasteiger partial charge in [-0.2, -0.15) is 0 Å². The predicted octanol–water partition coefficient (Wildman–Crippen LogP) is 2.98. The Morgan fingerprint density at radius 1 is 1.30 bits per heavy atom. The Bertz CT molecular complexity index is 656. The first-order valence-electron chi connectivity index (χ1n) is 6.03. The minimum absolute atomic E-state index is 0.110. The van der Waals surface area contributed by atoms with Crippen molar-refractivity contribution in [3.05, 3.63) is 53.3 Å². The average molecular weight is 274 g/mol. The van der Waals surface area contributed by atoms with E-state index in [4.69, 9.17) is 10.5 Å². The lowest BCUT2D eigenvalue weighted by atomic mass is 10.1. The van der Waals surface area contributed by atoms with Gasteiger partial charge in [0.25, 0.3) is 5.91 Å². The third-order valence-corrected chi connectivity index (χ3v) is 2.95. The smallest absolute Gasteiger partial charge is 0.257 e. The van der Waals surface area contributed by atoms with Crippen molar-refractivity contribution in [1.82, 2.24) is 0 Å². The lowest BCUT2D eigenvalue weighted by Gasteiger charge is -2.10. The van der Waals surface area contributed by atoms with Crippen LogP contribution in [0.1, 0.15) is 15.9 Å².